The van der Waals surface area contributed by atoms with Gasteiger partial charge >= 0.3 is 0 Å². The number of nitrogens with zero attached hydrogens (tertiary/aromatic N) is 5. The molecule has 4 aromatic rings. The van der Waals surface area contributed by atoms with E-state index in [0.29, 0.717) is 28.8 Å². The lowest BCUT2D eigenvalue weighted by atomic mass is 10.2. The zero-order valence-electron chi connectivity index (χ0n) is 14.0. The summed E-state index contributed by atoms with van der Waals surface area (Å²) in [5.74, 6) is -1.42. The van der Waals surface area contributed by atoms with E-state index in [9.17, 15) is 13.6 Å². The summed E-state index contributed by atoms with van der Waals surface area (Å²) in [6.07, 6.45) is 1.72. The van der Waals surface area contributed by atoms with Crippen molar-refractivity contribution < 1.29 is 18.1 Å². The van der Waals surface area contributed by atoms with Crippen molar-refractivity contribution in [1.82, 2.24) is 30.1 Å². The molecule has 0 aliphatic rings. The number of carbonyl (C=O) groups excluding carboxylic acids is 1. The second kappa shape index (κ2) is 6.56. The number of hydrogen-bond acceptors (Lipinski definition) is 6. The van der Waals surface area contributed by atoms with E-state index < -0.39 is 17.5 Å². The molecule has 136 valence electrons. The Kier molecular flexibility index (Phi) is 4.07. The SMILES string of the molecule is Cc1noc(-c2cccn3c(CNC(=O)c4ccc(F)c(F)c4)nnc23)n1. The van der Waals surface area contributed by atoms with Crippen LogP contribution in [-0.2, 0) is 6.54 Å². The van der Waals surface area contributed by atoms with Gasteiger partial charge in [0.2, 0.25) is 0 Å². The number of halogens is 2. The molecule has 0 saturated carbocycles. The molecule has 27 heavy (non-hydrogen) atoms. The topological polar surface area (TPSA) is 98.2 Å². The Labute approximate surface area is 150 Å². The molecule has 0 fully saturated rings. The summed E-state index contributed by atoms with van der Waals surface area (Å²) in [5, 5.41) is 14.5. The van der Waals surface area contributed by atoms with Gasteiger partial charge < -0.3 is 9.84 Å². The van der Waals surface area contributed by atoms with E-state index in [0.717, 1.165) is 12.1 Å². The van der Waals surface area contributed by atoms with Crippen molar-refractivity contribution in [3.63, 3.8) is 0 Å². The summed E-state index contributed by atoms with van der Waals surface area (Å²) >= 11 is 0. The average molecular weight is 370 g/mol. The van der Waals surface area contributed by atoms with Crippen LogP contribution in [0.5, 0.6) is 0 Å². The number of nitrogens with one attached hydrogen (secondary N) is 1. The van der Waals surface area contributed by atoms with E-state index in [1.807, 2.05) is 0 Å². The van der Waals surface area contributed by atoms with Crippen molar-refractivity contribution >= 4 is 11.6 Å². The average Bonchev–Trinajstić information content (AvgIpc) is 3.28. The Hall–Kier alpha value is -3.69. The predicted molar refractivity (Wildman–Crippen MR) is 88.5 cm³/mol. The second-order valence-electron chi connectivity index (χ2n) is 5.69. The number of fused-ring (bicyclic) bond motifs is 1. The zero-order valence-corrected chi connectivity index (χ0v) is 14.0. The molecule has 0 unspecified atom stereocenters. The van der Waals surface area contributed by atoms with Crippen LogP contribution in [0.1, 0.15) is 22.0 Å². The van der Waals surface area contributed by atoms with E-state index in [4.69, 9.17) is 4.52 Å². The number of hydrogen-bond donors (Lipinski definition) is 1. The number of aryl methyl sites for hydroxylation is 1. The number of pyridine rings is 1. The minimum Gasteiger partial charge on any atom is -0.345 e. The van der Waals surface area contributed by atoms with E-state index in [1.54, 1.807) is 29.7 Å². The molecule has 0 saturated heterocycles. The molecule has 1 aromatic carbocycles. The van der Waals surface area contributed by atoms with Gasteiger partial charge in [-0.25, -0.2) is 8.78 Å². The van der Waals surface area contributed by atoms with Crippen LogP contribution >= 0.6 is 0 Å². The molecule has 0 aliphatic carbocycles. The smallest absolute Gasteiger partial charge is 0.261 e. The van der Waals surface area contributed by atoms with E-state index in [2.05, 4.69) is 25.7 Å². The highest BCUT2D eigenvalue weighted by molar-refractivity contribution is 5.94. The number of benzene rings is 1. The van der Waals surface area contributed by atoms with Gasteiger partial charge in [0.15, 0.2) is 28.9 Å². The number of amides is 1. The lowest BCUT2D eigenvalue weighted by molar-refractivity contribution is 0.0949. The van der Waals surface area contributed by atoms with Crippen molar-refractivity contribution in [2.24, 2.45) is 0 Å². The van der Waals surface area contributed by atoms with Crippen molar-refractivity contribution in [2.75, 3.05) is 0 Å². The van der Waals surface area contributed by atoms with Gasteiger partial charge in [-0.3, -0.25) is 9.20 Å². The largest absolute Gasteiger partial charge is 0.345 e. The maximum Gasteiger partial charge on any atom is 0.261 e. The highest BCUT2D eigenvalue weighted by Crippen LogP contribution is 2.22. The van der Waals surface area contributed by atoms with Crippen molar-refractivity contribution in [3.8, 4) is 11.5 Å². The van der Waals surface area contributed by atoms with Gasteiger partial charge in [0.1, 0.15) is 0 Å². The third kappa shape index (κ3) is 3.12. The fourth-order valence-corrected chi connectivity index (χ4v) is 2.56. The summed E-state index contributed by atoms with van der Waals surface area (Å²) in [5.41, 5.74) is 1.09. The van der Waals surface area contributed by atoms with E-state index >= 15 is 0 Å². The van der Waals surface area contributed by atoms with Gasteiger partial charge in [-0.15, -0.1) is 10.2 Å². The molecule has 4 rings (SSSR count). The molecule has 0 spiro atoms. The molecule has 1 amide bonds. The van der Waals surface area contributed by atoms with E-state index in [-0.39, 0.29) is 12.1 Å². The quantitative estimate of drug-likeness (QED) is 0.592. The van der Waals surface area contributed by atoms with Crippen LogP contribution < -0.4 is 5.32 Å². The van der Waals surface area contributed by atoms with Gasteiger partial charge in [0.25, 0.3) is 11.8 Å². The third-order valence-electron chi connectivity index (χ3n) is 3.85. The van der Waals surface area contributed by atoms with Crippen LogP contribution in [0.4, 0.5) is 8.78 Å². The Morgan fingerprint density at radius 3 is 2.81 bits per heavy atom. The highest BCUT2D eigenvalue weighted by atomic mass is 19.2. The molecule has 0 radical (unpaired) electrons. The van der Waals surface area contributed by atoms with Crippen LogP contribution in [0, 0.1) is 18.6 Å². The summed E-state index contributed by atoms with van der Waals surface area (Å²) < 4.78 is 33.1. The van der Waals surface area contributed by atoms with Crippen molar-refractivity contribution in [3.05, 3.63) is 65.4 Å². The van der Waals surface area contributed by atoms with Crippen LogP contribution in [0.25, 0.3) is 17.1 Å². The fourth-order valence-electron chi connectivity index (χ4n) is 2.56. The van der Waals surface area contributed by atoms with Gasteiger partial charge in [-0.05, 0) is 37.3 Å². The molecule has 8 nitrogen and oxygen atoms in total. The Morgan fingerprint density at radius 1 is 1.22 bits per heavy atom. The minimum absolute atomic E-state index is 0.00439. The summed E-state index contributed by atoms with van der Waals surface area (Å²) in [4.78, 5) is 16.3. The monoisotopic (exact) mass is 370 g/mol. The number of aromatic nitrogens is 5. The first-order chi connectivity index (χ1) is 13.0. The van der Waals surface area contributed by atoms with Crippen LogP contribution in [0.3, 0.4) is 0 Å². The number of rotatable bonds is 4. The number of carbonyl (C=O) groups is 1. The molecule has 3 aromatic heterocycles. The van der Waals surface area contributed by atoms with Crippen molar-refractivity contribution in [2.45, 2.75) is 13.5 Å². The molecular weight excluding hydrogens is 358 g/mol. The van der Waals surface area contributed by atoms with E-state index in [1.165, 1.54) is 6.07 Å². The first-order valence-corrected chi connectivity index (χ1v) is 7.89. The molecule has 10 heteroatoms. The van der Waals surface area contributed by atoms with Gasteiger partial charge in [0, 0.05) is 11.8 Å². The normalized spacial score (nSPS) is 11.1. The highest BCUT2D eigenvalue weighted by Gasteiger charge is 2.16. The maximum absolute atomic E-state index is 13.3. The lowest BCUT2D eigenvalue weighted by Crippen LogP contribution is -2.24. The predicted octanol–water partition coefficient (Wildman–Crippen LogP) is 2.30. The summed E-state index contributed by atoms with van der Waals surface area (Å²) in [6.45, 7) is 1.74. The standard InChI is InChI=1S/C17H12F2N6O2/c1-9-21-17(27-24-9)11-3-2-6-25-14(22-23-15(11)25)8-20-16(26)10-4-5-12(18)13(19)7-10/h2-7H,8H2,1H3,(H,20,26). The zero-order chi connectivity index (χ0) is 19.0. The maximum atomic E-state index is 13.3. The van der Waals surface area contributed by atoms with Gasteiger partial charge in [-0.2, -0.15) is 4.98 Å². The Morgan fingerprint density at radius 2 is 2.07 bits per heavy atom. The fraction of sp³-hybridized carbons (Fsp3) is 0.118. The lowest BCUT2D eigenvalue weighted by Gasteiger charge is -2.05. The first kappa shape index (κ1) is 16.8. The summed E-state index contributed by atoms with van der Waals surface area (Å²) in [7, 11) is 0. The molecule has 0 aliphatic heterocycles. The van der Waals surface area contributed by atoms with Gasteiger partial charge in [-0.1, -0.05) is 5.16 Å². The molecule has 1 N–H and O–H groups in total. The summed E-state index contributed by atoms with van der Waals surface area (Å²) in [6, 6.07) is 6.45. The Balaban J connectivity index is 1.58. The second-order valence-corrected chi connectivity index (χ2v) is 5.69. The Bertz CT molecular complexity index is 1150. The van der Waals surface area contributed by atoms with Crippen molar-refractivity contribution in [1.29, 1.82) is 0 Å². The first-order valence-electron chi connectivity index (χ1n) is 7.89. The van der Waals surface area contributed by atoms with Crippen LogP contribution in [0.15, 0.2) is 41.1 Å². The molecule has 0 bridgehead atoms. The molecule has 0 atom stereocenters. The molecule has 3 heterocycles. The van der Waals surface area contributed by atoms with Gasteiger partial charge in [0.05, 0.1) is 12.1 Å². The van der Waals surface area contributed by atoms with Crippen LogP contribution in [-0.4, -0.2) is 30.6 Å². The minimum atomic E-state index is -1.09. The van der Waals surface area contributed by atoms with Crippen LogP contribution in [0.2, 0.25) is 0 Å². The third-order valence-corrected chi connectivity index (χ3v) is 3.85. The molecular formula is C17H12F2N6O2.